The molecule has 2 aromatic carbocycles. The maximum atomic E-state index is 12.2. The third-order valence-corrected chi connectivity index (χ3v) is 3.37. The molecule has 1 amide bonds. The Kier molecular flexibility index (Phi) is 3.41. The number of carboxylic acid groups (broad SMARTS) is 1. The molecule has 1 aliphatic heterocycles. The van der Waals surface area contributed by atoms with Gasteiger partial charge in [-0.05, 0) is 47.5 Å². The van der Waals surface area contributed by atoms with Crippen molar-refractivity contribution in [3.05, 3.63) is 64.7 Å². The molecule has 2 aromatic rings. The highest BCUT2D eigenvalue weighted by molar-refractivity contribution is 6.04. The molecule has 0 saturated heterocycles. The summed E-state index contributed by atoms with van der Waals surface area (Å²) in [5.41, 5.74) is 3.44. The summed E-state index contributed by atoms with van der Waals surface area (Å²) in [6.45, 7) is 1.12. The molecule has 2 N–H and O–H groups in total. The Morgan fingerprint density at radius 2 is 1.62 bits per heavy atom. The van der Waals surface area contributed by atoms with Crippen molar-refractivity contribution in [3.8, 4) is 0 Å². The smallest absolute Gasteiger partial charge is 0.335 e. The molecule has 1 aliphatic rings. The van der Waals surface area contributed by atoms with Crippen LogP contribution in [0.15, 0.2) is 42.5 Å². The molecular weight excluding hydrogens is 270 g/mol. The minimum Gasteiger partial charge on any atom is -0.478 e. The number of carbonyl (C=O) groups is 2. The van der Waals surface area contributed by atoms with Crippen LogP contribution < -0.4 is 5.32 Å². The molecule has 5 heteroatoms. The van der Waals surface area contributed by atoms with E-state index >= 15 is 0 Å². The second-order valence-corrected chi connectivity index (χ2v) is 4.81. The van der Waals surface area contributed by atoms with Gasteiger partial charge in [-0.3, -0.25) is 4.79 Å². The van der Waals surface area contributed by atoms with Crippen molar-refractivity contribution < 1.29 is 19.4 Å². The van der Waals surface area contributed by atoms with Crippen LogP contribution in [0.4, 0.5) is 5.69 Å². The van der Waals surface area contributed by atoms with E-state index in [-0.39, 0.29) is 11.5 Å². The van der Waals surface area contributed by atoms with Crippen LogP contribution in [0.3, 0.4) is 0 Å². The van der Waals surface area contributed by atoms with Crippen LogP contribution in [0.1, 0.15) is 31.8 Å². The van der Waals surface area contributed by atoms with Crippen LogP contribution in [0.25, 0.3) is 0 Å². The van der Waals surface area contributed by atoms with Crippen LogP contribution in [0.5, 0.6) is 0 Å². The van der Waals surface area contributed by atoms with Gasteiger partial charge in [0.15, 0.2) is 0 Å². The fraction of sp³-hybridized carbons (Fsp3) is 0.125. The van der Waals surface area contributed by atoms with E-state index in [4.69, 9.17) is 9.84 Å². The number of hydrogen-bond donors (Lipinski definition) is 2. The molecular formula is C16H13NO4. The lowest BCUT2D eigenvalue weighted by molar-refractivity contribution is 0.0696. The van der Waals surface area contributed by atoms with Crippen molar-refractivity contribution in [2.45, 2.75) is 13.2 Å². The van der Waals surface area contributed by atoms with Crippen molar-refractivity contribution in [1.29, 1.82) is 0 Å². The largest absolute Gasteiger partial charge is 0.478 e. The number of amides is 1. The van der Waals surface area contributed by atoms with E-state index in [2.05, 4.69) is 5.32 Å². The first-order valence-corrected chi connectivity index (χ1v) is 6.48. The first-order valence-electron chi connectivity index (χ1n) is 6.48. The van der Waals surface area contributed by atoms with Crippen LogP contribution in [-0.2, 0) is 18.0 Å². The molecule has 0 bridgehead atoms. The summed E-state index contributed by atoms with van der Waals surface area (Å²) in [7, 11) is 0. The lowest BCUT2D eigenvalue weighted by Crippen LogP contribution is -2.12. The van der Waals surface area contributed by atoms with Gasteiger partial charge in [-0.15, -0.1) is 0 Å². The topological polar surface area (TPSA) is 75.6 Å². The molecule has 106 valence electrons. The van der Waals surface area contributed by atoms with Gasteiger partial charge < -0.3 is 15.2 Å². The fourth-order valence-corrected chi connectivity index (χ4v) is 2.21. The average molecular weight is 283 g/mol. The van der Waals surface area contributed by atoms with Gasteiger partial charge in [0, 0.05) is 11.3 Å². The number of benzene rings is 2. The standard InChI is InChI=1S/C16H13NO4/c18-15(11-1-2-12-8-21-9-13(12)7-11)17-14-5-3-10(4-6-14)16(19)20/h1-7H,8-9H2,(H,17,18)(H,19,20). The monoisotopic (exact) mass is 283 g/mol. The second-order valence-electron chi connectivity index (χ2n) is 4.81. The zero-order valence-electron chi connectivity index (χ0n) is 11.1. The third kappa shape index (κ3) is 2.78. The highest BCUT2D eigenvalue weighted by Crippen LogP contribution is 2.21. The Bertz CT molecular complexity index is 707. The second kappa shape index (κ2) is 5.38. The minimum atomic E-state index is -0.994. The van der Waals surface area contributed by atoms with E-state index in [1.54, 1.807) is 18.2 Å². The molecule has 0 fully saturated rings. The first kappa shape index (κ1) is 13.3. The Hall–Kier alpha value is -2.66. The zero-order valence-corrected chi connectivity index (χ0v) is 11.1. The zero-order chi connectivity index (χ0) is 14.8. The summed E-state index contributed by atoms with van der Waals surface area (Å²) >= 11 is 0. The number of hydrogen-bond acceptors (Lipinski definition) is 3. The van der Waals surface area contributed by atoms with E-state index in [9.17, 15) is 9.59 Å². The molecule has 0 radical (unpaired) electrons. The Balaban J connectivity index is 1.75. The number of ether oxygens (including phenoxy) is 1. The minimum absolute atomic E-state index is 0.183. The van der Waals surface area contributed by atoms with Gasteiger partial charge in [0.05, 0.1) is 18.8 Å². The molecule has 0 aliphatic carbocycles. The molecule has 1 heterocycles. The summed E-state index contributed by atoms with van der Waals surface area (Å²) in [5.74, 6) is -1.22. The molecule has 0 aromatic heterocycles. The van der Waals surface area contributed by atoms with Crippen LogP contribution >= 0.6 is 0 Å². The Labute approximate surface area is 121 Å². The van der Waals surface area contributed by atoms with Crippen molar-refractivity contribution in [2.75, 3.05) is 5.32 Å². The summed E-state index contributed by atoms with van der Waals surface area (Å²) in [6.07, 6.45) is 0. The van der Waals surface area contributed by atoms with Gasteiger partial charge in [0.1, 0.15) is 0 Å². The number of aromatic carboxylic acids is 1. The predicted octanol–water partition coefficient (Wildman–Crippen LogP) is 2.67. The lowest BCUT2D eigenvalue weighted by atomic mass is 10.1. The molecule has 0 saturated carbocycles. The van der Waals surface area contributed by atoms with E-state index < -0.39 is 5.97 Å². The maximum Gasteiger partial charge on any atom is 0.335 e. The quantitative estimate of drug-likeness (QED) is 0.908. The summed E-state index contributed by atoms with van der Waals surface area (Å²) in [4.78, 5) is 22.9. The average Bonchev–Trinajstić information content (AvgIpc) is 2.95. The maximum absolute atomic E-state index is 12.2. The molecule has 21 heavy (non-hydrogen) atoms. The highest BCUT2D eigenvalue weighted by atomic mass is 16.5. The third-order valence-electron chi connectivity index (χ3n) is 3.37. The van der Waals surface area contributed by atoms with E-state index in [0.29, 0.717) is 24.5 Å². The Morgan fingerprint density at radius 1 is 0.952 bits per heavy atom. The van der Waals surface area contributed by atoms with E-state index in [1.807, 2.05) is 12.1 Å². The summed E-state index contributed by atoms with van der Waals surface area (Å²) < 4.78 is 5.32. The van der Waals surface area contributed by atoms with Crippen molar-refractivity contribution in [1.82, 2.24) is 0 Å². The molecule has 0 spiro atoms. The number of carboxylic acids is 1. The van der Waals surface area contributed by atoms with Gasteiger partial charge in [-0.25, -0.2) is 4.79 Å². The number of nitrogens with one attached hydrogen (secondary N) is 1. The van der Waals surface area contributed by atoms with Crippen molar-refractivity contribution in [3.63, 3.8) is 0 Å². The predicted molar refractivity (Wildman–Crippen MR) is 76.3 cm³/mol. The van der Waals surface area contributed by atoms with Crippen LogP contribution in [0.2, 0.25) is 0 Å². The summed E-state index contributed by atoms with van der Waals surface area (Å²) in [5, 5.41) is 11.6. The van der Waals surface area contributed by atoms with Gasteiger partial charge in [0.2, 0.25) is 0 Å². The van der Waals surface area contributed by atoms with Gasteiger partial charge >= 0.3 is 5.97 Å². The van der Waals surface area contributed by atoms with Gasteiger partial charge in [0.25, 0.3) is 5.91 Å². The van der Waals surface area contributed by atoms with Gasteiger partial charge in [-0.2, -0.15) is 0 Å². The number of rotatable bonds is 3. The number of carbonyl (C=O) groups excluding carboxylic acids is 1. The molecule has 5 nitrogen and oxygen atoms in total. The normalized spacial score (nSPS) is 12.8. The Morgan fingerprint density at radius 3 is 2.33 bits per heavy atom. The highest BCUT2D eigenvalue weighted by Gasteiger charge is 2.14. The first-order chi connectivity index (χ1) is 10.1. The number of anilines is 1. The van der Waals surface area contributed by atoms with Gasteiger partial charge in [-0.1, -0.05) is 6.07 Å². The van der Waals surface area contributed by atoms with E-state index in [1.165, 1.54) is 12.1 Å². The molecule has 0 atom stereocenters. The summed E-state index contributed by atoms with van der Waals surface area (Å²) in [6, 6.07) is 11.5. The number of fused-ring (bicyclic) bond motifs is 1. The van der Waals surface area contributed by atoms with Crippen molar-refractivity contribution in [2.24, 2.45) is 0 Å². The lowest BCUT2D eigenvalue weighted by Gasteiger charge is -2.07. The van der Waals surface area contributed by atoms with Crippen LogP contribution in [0, 0.1) is 0 Å². The molecule has 0 unspecified atom stereocenters. The molecule has 3 rings (SSSR count). The SMILES string of the molecule is O=C(O)c1ccc(NC(=O)c2ccc3c(c2)COC3)cc1. The van der Waals surface area contributed by atoms with E-state index in [0.717, 1.165) is 11.1 Å². The van der Waals surface area contributed by atoms with Crippen molar-refractivity contribution >= 4 is 17.6 Å². The van der Waals surface area contributed by atoms with Crippen LogP contribution in [-0.4, -0.2) is 17.0 Å². The fourth-order valence-electron chi connectivity index (χ4n) is 2.21.